The number of nitro groups is 1. The number of carboxylic acid groups (broad SMARTS) is 1. The van der Waals surface area contributed by atoms with Crippen LogP contribution in [0.25, 0.3) is 5.69 Å². The van der Waals surface area contributed by atoms with Crippen LogP contribution in [0, 0.1) is 10.1 Å². The number of hydrogen-bond acceptors (Lipinski definition) is 4. The number of rotatable bonds is 3. The molecular formula is C10H7N3O4. The SMILES string of the molecule is O=C(O)c1nn(-c2ccccc2)cc1[N+](=O)[O-]. The fraction of sp³-hybridized carbons (Fsp3) is 0. The van der Waals surface area contributed by atoms with Gasteiger partial charge in [-0.25, -0.2) is 9.48 Å². The minimum Gasteiger partial charge on any atom is -0.476 e. The van der Waals surface area contributed by atoms with E-state index in [0.717, 1.165) is 6.20 Å². The Morgan fingerprint density at radius 3 is 2.47 bits per heavy atom. The lowest BCUT2D eigenvalue weighted by Crippen LogP contribution is -2.02. The number of aromatic nitrogens is 2. The second kappa shape index (κ2) is 4.05. The summed E-state index contributed by atoms with van der Waals surface area (Å²) in [7, 11) is 0. The molecule has 0 spiro atoms. The summed E-state index contributed by atoms with van der Waals surface area (Å²) in [5.41, 5.74) is -0.539. The van der Waals surface area contributed by atoms with Crippen molar-refractivity contribution >= 4 is 11.7 Å². The van der Waals surface area contributed by atoms with Gasteiger partial charge in [0.05, 0.1) is 10.6 Å². The molecule has 1 heterocycles. The van der Waals surface area contributed by atoms with Crippen LogP contribution in [0.1, 0.15) is 10.5 Å². The van der Waals surface area contributed by atoms with Gasteiger partial charge in [0.15, 0.2) is 0 Å². The summed E-state index contributed by atoms with van der Waals surface area (Å²) in [5, 5.41) is 23.1. The summed E-state index contributed by atoms with van der Waals surface area (Å²) in [5.74, 6) is -1.42. The molecule has 0 unspecified atom stereocenters. The van der Waals surface area contributed by atoms with Crippen molar-refractivity contribution in [2.24, 2.45) is 0 Å². The number of benzene rings is 1. The third kappa shape index (κ3) is 1.98. The largest absolute Gasteiger partial charge is 0.476 e. The average Bonchev–Trinajstić information content (AvgIpc) is 2.75. The second-order valence-electron chi connectivity index (χ2n) is 3.21. The minimum absolute atomic E-state index is 0.527. The van der Waals surface area contributed by atoms with Gasteiger partial charge < -0.3 is 5.11 Å². The smallest absolute Gasteiger partial charge is 0.363 e. The molecule has 7 heteroatoms. The van der Waals surface area contributed by atoms with E-state index in [9.17, 15) is 14.9 Å². The standard InChI is InChI=1S/C10H7N3O4/c14-10(15)9-8(13(16)17)6-12(11-9)7-4-2-1-3-5-7/h1-6H,(H,14,15). The first kappa shape index (κ1) is 10.8. The van der Waals surface area contributed by atoms with E-state index in [4.69, 9.17) is 5.11 Å². The quantitative estimate of drug-likeness (QED) is 0.639. The van der Waals surface area contributed by atoms with E-state index in [1.54, 1.807) is 30.3 Å². The third-order valence-electron chi connectivity index (χ3n) is 2.11. The van der Waals surface area contributed by atoms with E-state index < -0.39 is 22.3 Å². The zero-order chi connectivity index (χ0) is 12.4. The monoisotopic (exact) mass is 233 g/mol. The Morgan fingerprint density at radius 1 is 1.35 bits per heavy atom. The molecule has 0 atom stereocenters. The minimum atomic E-state index is -1.42. The number of carbonyl (C=O) groups is 1. The molecule has 0 aliphatic carbocycles. The molecule has 0 fully saturated rings. The second-order valence-corrected chi connectivity index (χ2v) is 3.21. The Hall–Kier alpha value is -2.70. The molecule has 0 saturated carbocycles. The molecule has 0 aliphatic heterocycles. The van der Waals surface area contributed by atoms with Gasteiger partial charge in [0.25, 0.3) is 0 Å². The Bertz CT molecular complexity index is 545. The van der Waals surface area contributed by atoms with Gasteiger partial charge >= 0.3 is 11.7 Å². The van der Waals surface area contributed by atoms with Crippen LogP contribution in [0.5, 0.6) is 0 Å². The zero-order valence-electron chi connectivity index (χ0n) is 8.48. The van der Waals surface area contributed by atoms with E-state index >= 15 is 0 Å². The number of hydrogen-bond donors (Lipinski definition) is 1. The maximum absolute atomic E-state index is 10.8. The van der Waals surface area contributed by atoms with Gasteiger partial charge in [0.1, 0.15) is 6.20 Å². The summed E-state index contributed by atoms with van der Waals surface area (Å²) in [6.07, 6.45) is 1.08. The number of nitrogens with zero attached hydrogens (tertiary/aromatic N) is 3. The molecule has 17 heavy (non-hydrogen) atoms. The zero-order valence-corrected chi connectivity index (χ0v) is 8.48. The maximum Gasteiger partial charge on any atom is 0.363 e. The van der Waals surface area contributed by atoms with Crippen LogP contribution in [0.2, 0.25) is 0 Å². The van der Waals surface area contributed by atoms with Crippen molar-refractivity contribution in [1.82, 2.24) is 9.78 Å². The summed E-state index contributed by atoms with van der Waals surface area (Å²) in [6, 6.07) is 8.57. The van der Waals surface area contributed by atoms with Crippen LogP contribution in [-0.2, 0) is 0 Å². The van der Waals surface area contributed by atoms with Crippen LogP contribution in [0.4, 0.5) is 5.69 Å². The fourth-order valence-corrected chi connectivity index (χ4v) is 1.36. The lowest BCUT2D eigenvalue weighted by atomic mass is 10.3. The van der Waals surface area contributed by atoms with E-state index in [0.29, 0.717) is 5.69 Å². The summed E-state index contributed by atoms with van der Waals surface area (Å²) in [6.45, 7) is 0. The summed E-state index contributed by atoms with van der Waals surface area (Å²) < 4.78 is 1.17. The fourth-order valence-electron chi connectivity index (χ4n) is 1.36. The number of carboxylic acids is 1. The Morgan fingerprint density at radius 2 is 2.00 bits per heavy atom. The highest BCUT2D eigenvalue weighted by Gasteiger charge is 2.25. The molecule has 7 nitrogen and oxygen atoms in total. The van der Waals surface area contributed by atoms with E-state index in [1.165, 1.54) is 4.68 Å². The molecule has 0 radical (unpaired) electrons. The van der Waals surface area contributed by atoms with Gasteiger partial charge in [-0.2, -0.15) is 5.10 Å². The van der Waals surface area contributed by atoms with Crippen molar-refractivity contribution in [3.05, 3.63) is 52.3 Å². The van der Waals surface area contributed by atoms with Crippen molar-refractivity contribution in [3.63, 3.8) is 0 Å². The molecule has 86 valence electrons. The summed E-state index contributed by atoms with van der Waals surface area (Å²) in [4.78, 5) is 20.7. The van der Waals surface area contributed by atoms with Crippen molar-refractivity contribution in [2.75, 3.05) is 0 Å². The molecule has 0 saturated heterocycles. The van der Waals surface area contributed by atoms with Crippen LogP contribution in [0.3, 0.4) is 0 Å². The molecule has 0 amide bonds. The van der Waals surface area contributed by atoms with Crippen molar-refractivity contribution < 1.29 is 14.8 Å². The highest BCUT2D eigenvalue weighted by atomic mass is 16.6. The van der Waals surface area contributed by atoms with Crippen molar-refractivity contribution in [1.29, 1.82) is 0 Å². The number of para-hydroxylation sites is 1. The van der Waals surface area contributed by atoms with Gasteiger partial charge in [-0.3, -0.25) is 10.1 Å². The molecule has 1 N–H and O–H groups in total. The predicted molar refractivity (Wildman–Crippen MR) is 57.2 cm³/mol. The Balaban J connectivity index is 2.55. The molecule has 2 aromatic rings. The van der Waals surface area contributed by atoms with Gasteiger partial charge in [-0.05, 0) is 12.1 Å². The highest BCUT2D eigenvalue weighted by Crippen LogP contribution is 2.19. The van der Waals surface area contributed by atoms with E-state index in [2.05, 4.69) is 5.10 Å². The molecule has 1 aromatic heterocycles. The van der Waals surface area contributed by atoms with Crippen LogP contribution in [0.15, 0.2) is 36.5 Å². The van der Waals surface area contributed by atoms with E-state index in [-0.39, 0.29) is 0 Å². The van der Waals surface area contributed by atoms with E-state index in [1.807, 2.05) is 0 Å². The molecule has 0 aliphatic rings. The van der Waals surface area contributed by atoms with Crippen molar-refractivity contribution in [2.45, 2.75) is 0 Å². The maximum atomic E-state index is 10.8. The Labute approximate surface area is 95.1 Å². The first-order chi connectivity index (χ1) is 8.09. The van der Waals surface area contributed by atoms with Crippen molar-refractivity contribution in [3.8, 4) is 5.69 Å². The van der Waals surface area contributed by atoms with Crippen LogP contribution in [-0.4, -0.2) is 25.8 Å². The van der Waals surface area contributed by atoms with Gasteiger partial charge in [-0.1, -0.05) is 18.2 Å². The molecule has 1 aromatic carbocycles. The Kier molecular flexibility index (Phi) is 2.57. The lowest BCUT2D eigenvalue weighted by Gasteiger charge is -1.97. The summed E-state index contributed by atoms with van der Waals surface area (Å²) >= 11 is 0. The average molecular weight is 233 g/mol. The van der Waals surface area contributed by atoms with Gasteiger partial charge in [-0.15, -0.1) is 0 Å². The highest BCUT2D eigenvalue weighted by molar-refractivity contribution is 5.89. The van der Waals surface area contributed by atoms with Crippen LogP contribution < -0.4 is 0 Å². The molecular weight excluding hydrogens is 226 g/mol. The van der Waals surface area contributed by atoms with Crippen LogP contribution >= 0.6 is 0 Å². The number of aromatic carboxylic acids is 1. The first-order valence-electron chi connectivity index (χ1n) is 4.62. The normalized spacial score (nSPS) is 10.1. The lowest BCUT2D eigenvalue weighted by molar-refractivity contribution is -0.385. The third-order valence-corrected chi connectivity index (χ3v) is 2.11. The predicted octanol–water partition coefficient (Wildman–Crippen LogP) is 1.48. The van der Waals surface area contributed by atoms with Gasteiger partial charge in [0.2, 0.25) is 5.69 Å². The first-order valence-corrected chi connectivity index (χ1v) is 4.62. The van der Waals surface area contributed by atoms with Gasteiger partial charge in [0, 0.05) is 0 Å². The topological polar surface area (TPSA) is 98.3 Å². The molecule has 2 rings (SSSR count). The molecule has 0 bridgehead atoms.